The second-order valence-corrected chi connectivity index (χ2v) is 8.37. The smallest absolute Gasteiger partial charge is 0.303 e. The summed E-state index contributed by atoms with van der Waals surface area (Å²) in [6.45, 7) is 0.688. The van der Waals surface area contributed by atoms with Gasteiger partial charge in [-0.25, -0.2) is 4.98 Å². The largest absolute Gasteiger partial charge is 0.481 e. The topological polar surface area (TPSA) is 78.9 Å². The van der Waals surface area contributed by atoms with E-state index in [1.165, 1.54) is 15.6 Å². The lowest BCUT2D eigenvalue weighted by Gasteiger charge is -2.08. The van der Waals surface area contributed by atoms with Gasteiger partial charge in [0.1, 0.15) is 0 Å². The molecule has 0 aliphatic rings. The highest BCUT2D eigenvalue weighted by molar-refractivity contribution is 7.99. The van der Waals surface area contributed by atoms with E-state index in [0.717, 1.165) is 16.2 Å². The van der Waals surface area contributed by atoms with Gasteiger partial charge < -0.3 is 9.67 Å². The normalized spacial score (nSPS) is 11.1. The molecule has 28 heavy (non-hydrogen) atoms. The lowest BCUT2D eigenvalue weighted by molar-refractivity contribution is -0.137. The third kappa shape index (κ3) is 3.75. The van der Waals surface area contributed by atoms with Crippen molar-refractivity contribution in [2.45, 2.75) is 24.5 Å². The number of aliphatic carboxylic acids is 1. The number of carbonyl (C=O) groups is 1. The molecule has 4 rings (SSSR count). The maximum absolute atomic E-state index is 10.8. The molecule has 0 saturated heterocycles. The van der Waals surface area contributed by atoms with Crippen molar-refractivity contribution < 1.29 is 9.90 Å². The SMILES string of the molecule is N#Cc1ccc2c(c1)nc(SCCCC(=O)O)n2Cc1csc2ccccc12. The molecule has 0 fully saturated rings. The molecule has 0 saturated carbocycles. The van der Waals surface area contributed by atoms with Crippen molar-refractivity contribution in [1.82, 2.24) is 9.55 Å². The van der Waals surface area contributed by atoms with Crippen molar-refractivity contribution in [2.24, 2.45) is 0 Å². The van der Waals surface area contributed by atoms with Gasteiger partial charge in [-0.3, -0.25) is 4.79 Å². The molecule has 0 amide bonds. The number of hydrogen-bond donors (Lipinski definition) is 1. The van der Waals surface area contributed by atoms with Crippen LogP contribution in [0.4, 0.5) is 0 Å². The van der Waals surface area contributed by atoms with E-state index < -0.39 is 5.97 Å². The number of rotatable bonds is 7. The number of thioether (sulfide) groups is 1. The van der Waals surface area contributed by atoms with E-state index in [2.05, 4.69) is 28.1 Å². The monoisotopic (exact) mass is 407 g/mol. The van der Waals surface area contributed by atoms with E-state index in [0.29, 0.717) is 24.3 Å². The number of nitrogens with zero attached hydrogens (tertiary/aromatic N) is 3. The molecule has 2 aromatic carbocycles. The van der Waals surface area contributed by atoms with E-state index in [4.69, 9.17) is 10.1 Å². The predicted octanol–water partition coefficient (Wildman–Crippen LogP) is 5.13. The van der Waals surface area contributed by atoms with Gasteiger partial charge in [0.15, 0.2) is 5.16 Å². The first-order chi connectivity index (χ1) is 13.7. The van der Waals surface area contributed by atoms with Gasteiger partial charge in [-0.05, 0) is 47.0 Å². The second kappa shape index (κ2) is 8.05. The average Bonchev–Trinajstić information content (AvgIpc) is 3.26. The minimum absolute atomic E-state index is 0.154. The summed E-state index contributed by atoms with van der Waals surface area (Å²) in [5.41, 5.74) is 3.59. The molecule has 4 aromatic rings. The highest BCUT2D eigenvalue weighted by atomic mass is 32.2. The van der Waals surface area contributed by atoms with Crippen LogP contribution in [0.1, 0.15) is 24.0 Å². The van der Waals surface area contributed by atoms with Gasteiger partial charge in [0, 0.05) is 16.9 Å². The van der Waals surface area contributed by atoms with E-state index in [1.54, 1.807) is 29.2 Å². The van der Waals surface area contributed by atoms with E-state index in [1.807, 2.05) is 24.3 Å². The first kappa shape index (κ1) is 18.5. The Bertz CT molecular complexity index is 1200. The quantitative estimate of drug-likeness (QED) is 0.339. The molecule has 0 spiro atoms. The molecule has 0 unspecified atom stereocenters. The second-order valence-electron chi connectivity index (χ2n) is 6.40. The van der Waals surface area contributed by atoms with Gasteiger partial charge in [0.2, 0.25) is 0 Å². The summed E-state index contributed by atoms with van der Waals surface area (Å²) >= 11 is 3.29. The first-order valence-electron chi connectivity index (χ1n) is 8.86. The fourth-order valence-corrected chi connectivity index (χ4v) is 5.06. The van der Waals surface area contributed by atoms with E-state index in [9.17, 15) is 10.1 Å². The number of fused-ring (bicyclic) bond motifs is 2. The van der Waals surface area contributed by atoms with Crippen LogP contribution in [0.3, 0.4) is 0 Å². The molecule has 0 atom stereocenters. The number of nitriles is 1. The van der Waals surface area contributed by atoms with Crippen molar-refractivity contribution in [2.75, 3.05) is 5.75 Å². The molecule has 2 heterocycles. The summed E-state index contributed by atoms with van der Waals surface area (Å²) in [5, 5.41) is 22.3. The van der Waals surface area contributed by atoms with Crippen molar-refractivity contribution in [1.29, 1.82) is 5.26 Å². The molecular weight excluding hydrogens is 390 g/mol. The fourth-order valence-electron chi connectivity index (χ4n) is 3.15. The molecule has 0 radical (unpaired) electrons. The van der Waals surface area contributed by atoms with Gasteiger partial charge in [0.25, 0.3) is 0 Å². The molecule has 7 heteroatoms. The number of carboxylic acids is 1. The van der Waals surface area contributed by atoms with Crippen LogP contribution >= 0.6 is 23.1 Å². The summed E-state index contributed by atoms with van der Waals surface area (Å²) in [6.07, 6.45) is 0.745. The maximum atomic E-state index is 10.8. The van der Waals surface area contributed by atoms with E-state index in [-0.39, 0.29) is 6.42 Å². The Morgan fingerprint density at radius 1 is 1.29 bits per heavy atom. The summed E-state index contributed by atoms with van der Waals surface area (Å²) < 4.78 is 3.42. The number of hydrogen-bond acceptors (Lipinski definition) is 5. The lowest BCUT2D eigenvalue weighted by Crippen LogP contribution is -2.02. The van der Waals surface area contributed by atoms with E-state index >= 15 is 0 Å². The maximum Gasteiger partial charge on any atom is 0.303 e. The van der Waals surface area contributed by atoms with Crippen LogP contribution in [0.15, 0.2) is 53.0 Å². The Morgan fingerprint density at radius 2 is 2.14 bits per heavy atom. The molecule has 2 aromatic heterocycles. The van der Waals surface area contributed by atoms with Gasteiger partial charge in [-0.2, -0.15) is 5.26 Å². The molecule has 0 aliphatic heterocycles. The zero-order valence-corrected chi connectivity index (χ0v) is 16.6. The zero-order valence-electron chi connectivity index (χ0n) is 15.0. The third-order valence-electron chi connectivity index (χ3n) is 4.50. The highest BCUT2D eigenvalue weighted by Crippen LogP contribution is 2.31. The first-order valence-corrected chi connectivity index (χ1v) is 10.7. The summed E-state index contributed by atoms with van der Waals surface area (Å²) in [4.78, 5) is 15.5. The number of benzene rings is 2. The highest BCUT2D eigenvalue weighted by Gasteiger charge is 2.14. The molecule has 0 bridgehead atoms. The Labute approximate surface area is 170 Å². The van der Waals surface area contributed by atoms with Crippen LogP contribution in [0.5, 0.6) is 0 Å². The minimum atomic E-state index is -0.780. The summed E-state index contributed by atoms with van der Waals surface area (Å²) in [7, 11) is 0. The molecular formula is C21H17N3O2S2. The van der Waals surface area contributed by atoms with Gasteiger partial charge >= 0.3 is 5.97 Å². The van der Waals surface area contributed by atoms with Crippen molar-refractivity contribution >= 4 is 50.2 Å². The Balaban J connectivity index is 1.70. The molecule has 1 N–H and O–H groups in total. The number of carboxylic acid groups (broad SMARTS) is 1. The van der Waals surface area contributed by atoms with Crippen LogP contribution in [0, 0.1) is 11.3 Å². The number of thiophene rings is 1. The average molecular weight is 408 g/mol. The zero-order chi connectivity index (χ0) is 19.5. The van der Waals surface area contributed by atoms with Crippen LogP contribution in [0.2, 0.25) is 0 Å². The molecule has 0 aliphatic carbocycles. The van der Waals surface area contributed by atoms with Crippen molar-refractivity contribution in [3.63, 3.8) is 0 Å². The van der Waals surface area contributed by atoms with Crippen LogP contribution in [0.25, 0.3) is 21.1 Å². The van der Waals surface area contributed by atoms with Gasteiger partial charge in [-0.1, -0.05) is 30.0 Å². The molecule has 140 valence electrons. The number of imidazole rings is 1. The van der Waals surface area contributed by atoms with Gasteiger partial charge in [-0.15, -0.1) is 11.3 Å². The van der Waals surface area contributed by atoms with Crippen molar-refractivity contribution in [3.8, 4) is 6.07 Å². The Kier molecular flexibility index (Phi) is 5.33. The standard InChI is InChI=1S/C21H17N3O2S2/c22-11-14-7-8-18-17(10-14)23-21(27-9-3-6-20(25)26)24(18)12-15-13-28-19-5-2-1-4-16(15)19/h1-2,4-5,7-8,10,13H,3,6,9,12H2,(H,25,26). The lowest BCUT2D eigenvalue weighted by atomic mass is 10.1. The number of aromatic nitrogens is 2. The summed E-state index contributed by atoms with van der Waals surface area (Å²) in [6, 6.07) is 16.1. The Morgan fingerprint density at radius 3 is 2.96 bits per heavy atom. The van der Waals surface area contributed by atoms with Crippen LogP contribution in [-0.4, -0.2) is 26.4 Å². The van der Waals surface area contributed by atoms with Crippen LogP contribution < -0.4 is 0 Å². The summed E-state index contributed by atoms with van der Waals surface area (Å²) in [5.74, 6) is -0.0945. The molecule has 5 nitrogen and oxygen atoms in total. The van der Waals surface area contributed by atoms with Gasteiger partial charge in [0.05, 0.1) is 29.2 Å². The van der Waals surface area contributed by atoms with Crippen molar-refractivity contribution in [3.05, 3.63) is 59.0 Å². The Hall–Kier alpha value is -2.82. The third-order valence-corrected chi connectivity index (χ3v) is 6.57. The van der Waals surface area contributed by atoms with Crippen LogP contribution in [-0.2, 0) is 11.3 Å². The predicted molar refractivity (Wildman–Crippen MR) is 113 cm³/mol. The minimum Gasteiger partial charge on any atom is -0.481 e. The fraction of sp³-hybridized carbons (Fsp3) is 0.190.